The Morgan fingerprint density at radius 3 is 2.50 bits per heavy atom. The number of carboxylic acid groups (broad SMARTS) is 2. The van der Waals surface area contributed by atoms with Crippen molar-refractivity contribution in [3.05, 3.63) is 76.4 Å². The molecule has 2 aromatic carbocycles. The first-order valence-electron chi connectivity index (χ1n) is 14.0. The van der Waals surface area contributed by atoms with Crippen LogP contribution in [0.15, 0.2) is 53.4 Å². The highest BCUT2D eigenvalue weighted by molar-refractivity contribution is 7.90. The largest absolute Gasteiger partial charge is 0.503 e. The Hall–Kier alpha value is -4.11. The van der Waals surface area contributed by atoms with Crippen LogP contribution in [0, 0.1) is 12.3 Å². The third-order valence-corrected chi connectivity index (χ3v) is 8.80. The highest BCUT2D eigenvalue weighted by Crippen LogP contribution is 2.24. The van der Waals surface area contributed by atoms with E-state index in [0.29, 0.717) is 23.2 Å². The number of amidine groups is 1. The number of benzene rings is 2. The molecule has 0 spiro atoms. The SMILES string of the molecule is CCOC(=O)[C@]1(C(=O)C(N)Cc2ccc(C)c(C(=N)NS(=O)(=O)c3ccc4c(c3)CCN(C)C4)c2)CC=CCN1.O=C(O)O. The number of carbonyl (C=O) groups excluding carboxylic acids is 2. The Bertz CT molecular complexity index is 1550. The average Bonchev–Trinajstić information content (AvgIpc) is 2.97. The number of sulfonamides is 1. The molecule has 14 heteroatoms. The van der Waals surface area contributed by atoms with Crippen LogP contribution in [0.4, 0.5) is 4.79 Å². The number of rotatable bonds is 9. The summed E-state index contributed by atoms with van der Waals surface area (Å²) in [5.41, 5.74) is 8.55. The van der Waals surface area contributed by atoms with Crippen molar-refractivity contribution in [2.75, 3.05) is 26.7 Å². The minimum absolute atomic E-state index is 0.0952. The first-order chi connectivity index (χ1) is 20.7. The van der Waals surface area contributed by atoms with Crippen molar-refractivity contribution < 1.29 is 37.8 Å². The number of Topliss-reactive ketones (excluding diaryl/α,β-unsaturated/α-hetero) is 1. The fraction of sp³-hybridized carbons (Fsp3) is 0.400. The van der Waals surface area contributed by atoms with Crippen LogP contribution in [0.3, 0.4) is 0 Å². The summed E-state index contributed by atoms with van der Waals surface area (Å²) >= 11 is 0. The van der Waals surface area contributed by atoms with E-state index < -0.39 is 39.5 Å². The number of hydrogen-bond acceptors (Lipinski definition) is 10. The van der Waals surface area contributed by atoms with Crippen LogP contribution in [0.2, 0.25) is 0 Å². The van der Waals surface area contributed by atoms with Gasteiger partial charge in [-0.3, -0.25) is 20.2 Å². The number of likely N-dealkylation sites (N-methyl/N-ethyl adjacent to an activating group) is 1. The van der Waals surface area contributed by atoms with Crippen molar-refractivity contribution >= 4 is 33.8 Å². The van der Waals surface area contributed by atoms with Crippen LogP contribution >= 0.6 is 0 Å². The smallest absolute Gasteiger partial charge is 0.464 e. The van der Waals surface area contributed by atoms with E-state index in [-0.39, 0.29) is 30.2 Å². The summed E-state index contributed by atoms with van der Waals surface area (Å²) in [5, 5.41) is 25.5. The number of esters is 1. The second-order valence-electron chi connectivity index (χ2n) is 10.7. The zero-order chi connectivity index (χ0) is 32.7. The van der Waals surface area contributed by atoms with Gasteiger partial charge < -0.3 is 25.6 Å². The number of ether oxygens (including phenoxy) is 1. The van der Waals surface area contributed by atoms with Crippen molar-refractivity contribution in [1.82, 2.24) is 14.9 Å². The lowest BCUT2D eigenvalue weighted by atomic mass is 9.82. The van der Waals surface area contributed by atoms with Gasteiger partial charge in [0.15, 0.2) is 11.3 Å². The zero-order valence-corrected chi connectivity index (χ0v) is 25.7. The molecule has 0 amide bonds. The van der Waals surface area contributed by atoms with E-state index in [9.17, 15) is 18.0 Å². The number of ketones is 1. The van der Waals surface area contributed by atoms with Gasteiger partial charge in [-0.2, -0.15) is 0 Å². The third-order valence-electron chi connectivity index (χ3n) is 7.45. The summed E-state index contributed by atoms with van der Waals surface area (Å²) in [6.45, 7) is 5.54. The molecule has 44 heavy (non-hydrogen) atoms. The van der Waals surface area contributed by atoms with Gasteiger partial charge in [0.25, 0.3) is 10.0 Å². The second kappa shape index (κ2) is 14.6. The lowest BCUT2D eigenvalue weighted by Crippen LogP contribution is -2.64. The van der Waals surface area contributed by atoms with Crippen LogP contribution in [0.5, 0.6) is 0 Å². The highest BCUT2D eigenvalue weighted by atomic mass is 32.2. The van der Waals surface area contributed by atoms with Crippen LogP contribution in [0.1, 0.15) is 41.2 Å². The molecule has 0 bridgehead atoms. The Balaban J connectivity index is 0.00000124. The molecule has 0 aliphatic carbocycles. The molecule has 2 aromatic rings. The van der Waals surface area contributed by atoms with Crippen LogP contribution in [-0.4, -0.2) is 85.6 Å². The predicted octanol–water partition coefficient (Wildman–Crippen LogP) is 1.80. The van der Waals surface area contributed by atoms with Crippen molar-refractivity contribution in [2.45, 2.75) is 56.1 Å². The number of carbonyl (C=O) groups is 3. The molecule has 4 rings (SSSR count). The number of nitrogens with zero attached hydrogens (tertiary/aromatic N) is 1. The number of nitrogens with two attached hydrogens (primary N) is 1. The fourth-order valence-corrected chi connectivity index (χ4v) is 6.20. The first-order valence-corrected chi connectivity index (χ1v) is 15.5. The zero-order valence-electron chi connectivity index (χ0n) is 24.9. The monoisotopic (exact) mass is 629 g/mol. The topological polar surface area (TPSA) is 212 Å². The molecule has 2 aliphatic heterocycles. The predicted molar refractivity (Wildman–Crippen MR) is 163 cm³/mol. The van der Waals surface area contributed by atoms with Crippen molar-refractivity contribution in [2.24, 2.45) is 5.73 Å². The summed E-state index contributed by atoms with van der Waals surface area (Å²) in [4.78, 5) is 37.0. The Morgan fingerprint density at radius 1 is 1.16 bits per heavy atom. The molecule has 0 fully saturated rings. The maximum atomic E-state index is 13.4. The standard InChI is InChI=1S/C29H37N5O5S.CH2O3/c1-4-39-28(36)29(12-5-6-13-32-29)26(35)25(30)16-20-8-7-19(2)24(15-20)27(31)33-40(37,38)23-10-9-22-18-34(3)14-11-21(22)17-23;2-1(3)4/h5-10,15,17,25,32H,4,11-14,16,18,30H2,1-3H3,(H2,31,33);(H2,2,3,4)/t25?,29-;/m1./s1. The summed E-state index contributed by atoms with van der Waals surface area (Å²) in [6, 6.07) is 9.23. The maximum absolute atomic E-state index is 13.4. The third kappa shape index (κ3) is 8.29. The quantitative estimate of drug-likeness (QED) is 0.0774. The first kappa shape index (κ1) is 34.4. The summed E-state index contributed by atoms with van der Waals surface area (Å²) in [5.74, 6) is -1.42. The van der Waals surface area contributed by atoms with Gasteiger partial charge >= 0.3 is 12.1 Å². The summed E-state index contributed by atoms with van der Waals surface area (Å²) < 4.78 is 33.9. The molecule has 238 valence electrons. The number of aryl methyl sites for hydroxylation is 1. The Morgan fingerprint density at radius 2 is 1.86 bits per heavy atom. The minimum atomic E-state index is -3.99. The van der Waals surface area contributed by atoms with Gasteiger partial charge in [-0.15, -0.1) is 0 Å². The Labute approximate surface area is 256 Å². The highest BCUT2D eigenvalue weighted by Gasteiger charge is 2.48. The van der Waals surface area contributed by atoms with Gasteiger partial charge in [-0.1, -0.05) is 30.4 Å². The summed E-state index contributed by atoms with van der Waals surface area (Å²) in [7, 11) is -1.97. The minimum Gasteiger partial charge on any atom is -0.464 e. The molecule has 2 atom stereocenters. The lowest BCUT2D eigenvalue weighted by Gasteiger charge is -2.34. The van der Waals surface area contributed by atoms with E-state index in [0.717, 1.165) is 30.6 Å². The molecule has 2 aliphatic rings. The molecule has 0 aromatic heterocycles. The van der Waals surface area contributed by atoms with Gasteiger partial charge in [0, 0.05) is 31.6 Å². The maximum Gasteiger partial charge on any atom is 0.503 e. The molecule has 0 saturated carbocycles. The van der Waals surface area contributed by atoms with E-state index in [1.165, 1.54) is 0 Å². The van der Waals surface area contributed by atoms with E-state index in [2.05, 4.69) is 14.9 Å². The van der Waals surface area contributed by atoms with Crippen LogP contribution < -0.4 is 15.8 Å². The van der Waals surface area contributed by atoms with Gasteiger partial charge in [-0.05, 0) is 74.2 Å². The molecular weight excluding hydrogens is 590 g/mol. The summed E-state index contributed by atoms with van der Waals surface area (Å²) in [6.07, 6.45) is 2.76. The Kier molecular flexibility index (Phi) is 11.4. The molecular formula is C30H39N5O8S. The average molecular weight is 630 g/mol. The van der Waals surface area contributed by atoms with Crippen molar-refractivity contribution in [1.29, 1.82) is 5.41 Å². The number of nitrogens with one attached hydrogen (secondary N) is 3. The van der Waals surface area contributed by atoms with E-state index in [1.54, 1.807) is 50.3 Å². The molecule has 7 N–H and O–H groups in total. The molecule has 2 heterocycles. The molecule has 0 radical (unpaired) electrons. The van der Waals surface area contributed by atoms with Gasteiger partial charge in [0.2, 0.25) is 0 Å². The van der Waals surface area contributed by atoms with E-state index in [4.69, 9.17) is 30.9 Å². The molecule has 13 nitrogen and oxygen atoms in total. The van der Waals surface area contributed by atoms with Gasteiger partial charge in [0.1, 0.15) is 5.84 Å². The van der Waals surface area contributed by atoms with Crippen LogP contribution in [-0.2, 0) is 43.7 Å². The van der Waals surface area contributed by atoms with Crippen LogP contribution in [0.25, 0.3) is 0 Å². The normalized spacial score (nSPS) is 18.6. The van der Waals surface area contributed by atoms with Gasteiger partial charge in [0.05, 0.1) is 17.5 Å². The molecule has 0 saturated heterocycles. The number of hydrogen-bond donors (Lipinski definition) is 6. The van der Waals surface area contributed by atoms with Crippen molar-refractivity contribution in [3.63, 3.8) is 0 Å². The lowest BCUT2D eigenvalue weighted by molar-refractivity contribution is -0.155. The van der Waals surface area contributed by atoms with E-state index >= 15 is 0 Å². The fourth-order valence-electron chi connectivity index (χ4n) is 5.16. The second-order valence-corrected chi connectivity index (χ2v) is 12.4. The van der Waals surface area contributed by atoms with E-state index in [1.807, 2.05) is 19.2 Å². The number of fused-ring (bicyclic) bond motifs is 1. The van der Waals surface area contributed by atoms with Gasteiger partial charge in [-0.25, -0.2) is 18.0 Å². The van der Waals surface area contributed by atoms with Crippen molar-refractivity contribution in [3.8, 4) is 0 Å². The molecule has 1 unspecified atom stereocenters.